The summed E-state index contributed by atoms with van der Waals surface area (Å²) in [6.07, 6.45) is 2.58. The highest BCUT2D eigenvalue weighted by Crippen LogP contribution is 2.24. The van der Waals surface area contributed by atoms with Gasteiger partial charge in [0.1, 0.15) is 24.7 Å². The lowest BCUT2D eigenvalue weighted by molar-refractivity contribution is -0.126. The van der Waals surface area contributed by atoms with Crippen LogP contribution >= 0.6 is 0 Å². The summed E-state index contributed by atoms with van der Waals surface area (Å²) in [6, 6.07) is 9.27. The monoisotopic (exact) mass is 687 g/mol. The van der Waals surface area contributed by atoms with Crippen molar-refractivity contribution in [1.29, 1.82) is 0 Å². The maximum atomic E-state index is 13.5. The van der Waals surface area contributed by atoms with Crippen molar-refractivity contribution >= 4 is 29.3 Å². The molecule has 0 aliphatic heterocycles. The minimum absolute atomic E-state index is 0.0898. The molecule has 0 radical (unpaired) electrons. The molecule has 0 bridgehead atoms. The van der Waals surface area contributed by atoms with Gasteiger partial charge in [-0.25, -0.2) is 0 Å². The number of methoxy groups -OCH3 is 1. The number of primary amides is 1. The first-order valence-corrected chi connectivity index (χ1v) is 15.7. The molecule has 0 fully saturated rings. The van der Waals surface area contributed by atoms with Crippen LogP contribution in [0.4, 0.5) is 5.69 Å². The molecule has 2 heterocycles. The Balaban J connectivity index is 1.58. The van der Waals surface area contributed by atoms with Crippen LogP contribution in [-0.4, -0.2) is 113 Å². The van der Waals surface area contributed by atoms with E-state index in [9.17, 15) is 19.2 Å². The van der Waals surface area contributed by atoms with E-state index in [0.717, 1.165) is 0 Å². The molecule has 3 aromatic rings. The summed E-state index contributed by atoms with van der Waals surface area (Å²) in [4.78, 5) is 49.1. The quantitative estimate of drug-likeness (QED) is 0.0808. The maximum absolute atomic E-state index is 13.5. The Labute approximate surface area is 283 Å². The highest BCUT2D eigenvalue weighted by atomic mass is 16.5. The molecule has 1 atom stereocenters. The maximum Gasteiger partial charge on any atom is 0.276 e. The lowest BCUT2D eigenvalue weighted by Crippen LogP contribution is -2.39. The average molecular weight is 688 g/mol. The average Bonchev–Trinajstić information content (AvgIpc) is 3.75. The third kappa shape index (κ3) is 13.7. The fourth-order valence-corrected chi connectivity index (χ4v) is 4.36. The first-order chi connectivity index (χ1) is 23.7. The molecule has 7 N–H and O–H groups in total. The van der Waals surface area contributed by atoms with Crippen LogP contribution in [0.5, 0.6) is 5.75 Å². The van der Waals surface area contributed by atoms with Gasteiger partial charge in [0.15, 0.2) is 11.5 Å². The number of benzene rings is 1. The normalized spacial score (nSPS) is 11.6. The number of nitrogens with zero attached hydrogens (tertiary/aromatic N) is 2. The molecular weight excluding hydrogens is 642 g/mol. The molecule has 4 amide bonds. The number of hydrogen-bond donors (Lipinski definition) is 5. The van der Waals surface area contributed by atoms with Gasteiger partial charge in [0.25, 0.3) is 11.8 Å². The lowest BCUT2D eigenvalue weighted by Gasteiger charge is -2.20. The predicted octanol–water partition coefficient (Wildman–Crippen LogP) is 0.446. The Morgan fingerprint density at radius 2 is 1.71 bits per heavy atom. The van der Waals surface area contributed by atoms with Gasteiger partial charge < -0.3 is 55.5 Å². The van der Waals surface area contributed by atoms with Crippen molar-refractivity contribution in [2.24, 2.45) is 18.5 Å². The summed E-state index contributed by atoms with van der Waals surface area (Å²) in [6.45, 7) is 1.73. The Morgan fingerprint density at radius 3 is 2.43 bits per heavy atom. The Kier molecular flexibility index (Phi) is 16.7. The number of aromatic nitrogens is 2. The minimum atomic E-state index is -0.593. The van der Waals surface area contributed by atoms with E-state index in [2.05, 4.69) is 21.0 Å². The number of rotatable bonds is 24. The van der Waals surface area contributed by atoms with Gasteiger partial charge in [-0.05, 0) is 49.7 Å². The molecule has 3 rings (SSSR count). The van der Waals surface area contributed by atoms with Crippen LogP contribution in [0.3, 0.4) is 0 Å². The first kappa shape index (κ1) is 38.6. The number of anilines is 1. The molecule has 0 aliphatic carbocycles. The predicted molar refractivity (Wildman–Crippen MR) is 177 cm³/mol. The number of ether oxygens (including phenoxy) is 5. The number of aryl methyl sites for hydroxylation is 1. The Hall–Kier alpha value is -4.81. The molecule has 17 nitrogen and oxygen atoms in total. The number of amides is 4. The molecule has 0 aliphatic rings. The van der Waals surface area contributed by atoms with Crippen LogP contribution in [0.2, 0.25) is 0 Å². The number of carbonyl (C=O) groups is 4. The fraction of sp³-hybridized carbons (Fsp3) is 0.469. The Morgan fingerprint density at radius 1 is 0.959 bits per heavy atom. The summed E-state index contributed by atoms with van der Waals surface area (Å²) in [5, 5.41) is 12.7. The Bertz CT molecular complexity index is 1480. The topological polar surface area (TPSA) is 234 Å². The molecule has 1 unspecified atom stereocenters. The number of nitrogens with two attached hydrogens (primary N) is 2. The zero-order valence-electron chi connectivity index (χ0n) is 27.7. The van der Waals surface area contributed by atoms with Gasteiger partial charge in [-0.2, -0.15) is 5.10 Å². The summed E-state index contributed by atoms with van der Waals surface area (Å²) < 4.78 is 34.1. The zero-order valence-corrected chi connectivity index (χ0v) is 27.7. The number of carbonyl (C=O) groups excluding carboxylic acids is 4. The van der Waals surface area contributed by atoms with Crippen molar-refractivity contribution in [2.75, 3.05) is 78.4 Å². The van der Waals surface area contributed by atoms with Crippen molar-refractivity contribution < 1.29 is 47.3 Å². The minimum Gasteiger partial charge on any atom is -0.496 e. The third-order valence-electron chi connectivity index (χ3n) is 6.78. The lowest BCUT2D eigenvalue weighted by atomic mass is 10.1. The highest BCUT2D eigenvalue weighted by molar-refractivity contribution is 6.05. The van der Waals surface area contributed by atoms with Gasteiger partial charge in [0.2, 0.25) is 11.8 Å². The van der Waals surface area contributed by atoms with E-state index in [1.807, 2.05) is 0 Å². The van der Waals surface area contributed by atoms with Crippen LogP contribution < -0.4 is 32.2 Å². The highest BCUT2D eigenvalue weighted by Gasteiger charge is 2.20. The molecule has 268 valence electrons. The van der Waals surface area contributed by atoms with Crippen molar-refractivity contribution in [3.8, 4) is 17.2 Å². The molecule has 2 aromatic heterocycles. The van der Waals surface area contributed by atoms with E-state index in [1.54, 1.807) is 37.4 Å². The largest absolute Gasteiger partial charge is 0.496 e. The van der Waals surface area contributed by atoms with Crippen LogP contribution in [0.15, 0.2) is 47.1 Å². The molecule has 0 saturated heterocycles. The van der Waals surface area contributed by atoms with Gasteiger partial charge in [0.05, 0.1) is 58.0 Å². The third-order valence-corrected chi connectivity index (χ3v) is 6.78. The van der Waals surface area contributed by atoms with Gasteiger partial charge in [-0.3, -0.25) is 23.9 Å². The second-order valence-electron chi connectivity index (χ2n) is 10.6. The van der Waals surface area contributed by atoms with E-state index >= 15 is 0 Å². The summed E-state index contributed by atoms with van der Waals surface area (Å²) >= 11 is 0. The van der Waals surface area contributed by atoms with E-state index in [1.165, 1.54) is 24.1 Å². The zero-order chi connectivity index (χ0) is 35.4. The van der Waals surface area contributed by atoms with Crippen LogP contribution in [-0.2, 0) is 35.6 Å². The number of furan rings is 1. The van der Waals surface area contributed by atoms with E-state index in [-0.39, 0.29) is 75.8 Å². The van der Waals surface area contributed by atoms with Gasteiger partial charge in [-0.15, -0.1) is 0 Å². The number of hydrogen-bond acceptors (Lipinski definition) is 12. The van der Waals surface area contributed by atoms with Crippen molar-refractivity contribution in [1.82, 2.24) is 20.4 Å². The first-order valence-electron chi connectivity index (χ1n) is 15.7. The second-order valence-corrected chi connectivity index (χ2v) is 10.6. The van der Waals surface area contributed by atoms with E-state index < -0.39 is 23.8 Å². The molecule has 0 saturated carbocycles. The van der Waals surface area contributed by atoms with E-state index in [0.29, 0.717) is 43.1 Å². The van der Waals surface area contributed by atoms with Gasteiger partial charge in [-0.1, -0.05) is 0 Å². The summed E-state index contributed by atoms with van der Waals surface area (Å²) in [7, 11) is 3.13. The smallest absolute Gasteiger partial charge is 0.276 e. The molecule has 0 spiro atoms. The van der Waals surface area contributed by atoms with Crippen LogP contribution in [0.1, 0.15) is 33.7 Å². The molecule has 17 heteroatoms. The molecule has 49 heavy (non-hydrogen) atoms. The van der Waals surface area contributed by atoms with E-state index in [4.69, 9.17) is 39.6 Å². The van der Waals surface area contributed by atoms with Crippen molar-refractivity contribution in [3.05, 3.63) is 53.9 Å². The second kappa shape index (κ2) is 21.2. The van der Waals surface area contributed by atoms with Crippen LogP contribution in [0, 0.1) is 0 Å². The molecule has 1 aromatic carbocycles. The van der Waals surface area contributed by atoms with Gasteiger partial charge >= 0.3 is 0 Å². The summed E-state index contributed by atoms with van der Waals surface area (Å²) in [5.74, 6) is -0.940. The molecular formula is C32H45N7O10. The van der Waals surface area contributed by atoms with Crippen LogP contribution in [0.25, 0.3) is 11.5 Å². The van der Waals surface area contributed by atoms with Crippen molar-refractivity contribution in [3.63, 3.8) is 0 Å². The SMILES string of the molecule is COc1ccc(NC(=O)c2cc(-c3ccco3)n(C)n2)cc1C(=O)NC(CCOCCOCC(=O)NCCCN)COCCOCC(N)=O. The van der Waals surface area contributed by atoms with Crippen molar-refractivity contribution in [2.45, 2.75) is 18.9 Å². The standard InChI is InChI=1S/C32H45N7O10/c1-39-26(28-5-3-11-49-28)18-25(38-39)32(43)36-22-6-7-27(44-2)24(17-22)31(42)37-23(19-46-15-16-47-20-29(34)40)8-12-45-13-14-48-21-30(41)35-10-4-9-33/h3,5-7,11,17-18,23H,4,8-10,12-16,19-21,33H2,1-2H3,(H2,34,40)(H,35,41)(H,36,43)(H,37,42). The van der Waals surface area contributed by atoms with Gasteiger partial charge in [0, 0.05) is 32.0 Å². The summed E-state index contributed by atoms with van der Waals surface area (Å²) in [5.41, 5.74) is 11.8. The number of nitrogens with one attached hydrogen (secondary N) is 3. The fourth-order valence-electron chi connectivity index (χ4n) is 4.36.